The highest BCUT2D eigenvalue weighted by Gasteiger charge is 2.21. The lowest BCUT2D eigenvalue weighted by Crippen LogP contribution is -2.35. The Morgan fingerprint density at radius 1 is 1.42 bits per heavy atom. The highest BCUT2D eigenvalue weighted by atomic mass is 35.5. The van der Waals surface area contributed by atoms with E-state index in [1.54, 1.807) is 14.0 Å². The molecule has 1 aromatic carbocycles. The van der Waals surface area contributed by atoms with E-state index in [4.69, 9.17) is 16.3 Å². The summed E-state index contributed by atoms with van der Waals surface area (Å²) in [6, 6.07) is 5.83. The Morgan fingerprint density at radius 3 is 2.63 bits per heavy atom. The molecule has 0 saturated carbocycles. The van der Waals surface area contributed by atoms with Crippen LogP contribution < -0.4 is 4.90 Å². The fraction of sp³-hybridized carbons (Fsp3) is 0.600. The Kier molecular flexibility index (Phi) is 5.08. The number of aliphatic hydroxyl groups excluding tert-OH is 1. The van der Waals surface area contributed by atoms with Crippen LogP contribution in [0.4, 0.5) is 5.69 Å². The molecule has 0 spiro atoms. The lowest BCUT2D eigenvalue weighted by Gasteiger charge is -2.34. The zero-order valence-corrected chi connectivity index (χ0v) is 12.4. The first-order chi connectivity index (χ1) is 9.11. The summed E-state index contributed by atoms with van der Waals surface area (Å²) >= 11 is 6.33. The van der Waals surface area contributed by atoms with Gasteiger partial charge in [0.2, 0.25) is 0 Å². The number of methoxy groups -OCH3 is 1. The first-order valence-electron chi connectivity index (χ1n) is 6.83. The van der Waals surface area contributed by atoms with Crippen molar-refractivity contribution in [1.82, 2.24) is 0 Å². The number of nitrogens with zero attached hydrogens (tertiary/aromatic N) is 1. The van der Waals surface area contributed by atoms with Crippen LogP contribution in [0.2, 0.25) is 5.02 Å². The molecular weight excluding hydrogens is 262 g/mol. The number of ether oxygens (including phenoxy) is 1. The molecule has 0 radical (unpaired) electrons. The van der Waals surface area contributed by atoms with E-state index in [9.17, 15) is 5.11 Å². The lowest BCUT2D eigenvalue weighted by molar-refractivity contribution is 0.139. The van der Waals surface area contributed by atoms with Crippen molar-refractivity contribution in [3.8, 4) is 0 Å². The molecule has 1 fully saturated rings. The summed E-state index contributed by atoms with van der Waals surface area (Å²) in [7, 11) is 1.76. The second-order valence-corrected chi connectivity index (χ2v) is 5.68. The Hall–Kier alpha value is -0.770. The third-order valence-electron chi connectivity index (χ3n) is 3.81. The second-order valence-electron chi connectivity index (χ2n) is 5.27. The number of hydrogen-bond acceptors (Lipinski definition) is 3. The predicted octanol–water partition coefficient (Wildman–Crippen LogP) is 3.26. The van der Waals surface area contributed by atoms with Crippen LogP contribution in [0.3, 0.4) is 0 Å². The molecule has 0 unspecified atom stereocenters. The number of anilines is 1. The molecule has 106 valence electrons. The molecule has 0 aromatic heterocycles. The van der Waals surface area contributed by atoms with Crippen molar-refractivity contribution in [2.45, 2.75) is 25.9 Å². The van der Waals surface area contributed by atoms with Crippen LogP contribution in [-0.4, -0.2) is 31.9 Å². The topological polar surface area (TPSA) is 32.7 Å². The fourth-order valence-electron chi connectivity index (χ4n) is 2.62. The fourth-order valence-corrected chi connectivity index (χ4v) is 2.92. The summed E-state index contributed by atoms with van der Waals surface area (Å²) in [6.07, 6.45) is 1.81. The van der Waals surface area contributed by atoms with Crippen LogP contribution in [0.5, 0.6) is 0 Å². The molecule has 0 aliphatic carbocycles. The second kappa shape index (κ2) is 6.60. The Bertz CT molecular complexity index is 415. The van der Waals surface area contributed by atoms with Gasteiger partial charge < -0.3 is 14.7 Å². The molecule has 19 heavy (non-hydrogen) atoms. The molecule has 4 heteroatoms. The van der Waals surface area contributed by atoms with E-state index in [2.05, 4.69) is 4.90 Å². The maximum Gasteiger partial charge on any atom is 0.0762 e. The zero-order valence-electron chi connectivity index (χ0n) is 11.6. The summed E-state index contributed by atoms with van der Waals surface area (Å²) in [5.41, 5.74) is 1.94. The van der Waals surface area contributed by atoms with E-state index in [0.717, 1.165) is 48.8 Å². The Labute approximate surface area is 120 Å². The van der Waals surface area contributed by atoms with Crippen LogP contribution in [0.15, 0.2) is 18.2 Å². The summed E-state index contributed by atoms with van der Waals surface area (Å²) < 4.78 is 5.22. The molecule has 1 atom stereocenters. The predicted molar refractivity (Wildman–Crippen MR) is 78.9 cm³/mol. The van der Waals surface area contributed by atoms with E-state index in [1.165, 1.54) is 0 Å². The van der Waals surface area contributed by atoms with Crippen molar-refractivity contribution in [3.63, 3.8) is 0 Å². The quantitative estimate of drug-likeness (QED) is 0.921. The first kappa shape index (κ1) is 14.6. The summed E-state index contributed by atoms with van der Waals surface area (Å²) in [6.45, 7) is 4.63. The number of rotatable bonds is 4. The third kappa shape index (κ3) is 3.62. The van der Waals surface area contributed by atoms with Gasteiger partial charge in [-0.1, -0.05) is 17.7 Å². The molecule has 1 aromatic rings. The van der Waals surface area contributed by atoms with Gasteiger partial charge in [0.25, 0.3) is 0 Å². The van der Waals surface area contributed by atoms with Crippen molar-refractivity contribution in [2.24, 2.45) is 5.92 Å². The third-order valence-corrected chi connectivity index (χ3v) is 4.11. The maximum atomic E-state index is 9.56. The van der Waals surface area contributed by atoms with Crippen molar-refractivity contribution in [1.29, 1.82) is 0 Å². The van der Waals surface area contributed by atoms with Crippen molar-refractivity contribution in [3.05, 3.63) is 28.8 Å². The molecule has 3 nitrogen and oxygen atoms in total. The minimum atomic E-state index is -0.473. The minimum absolute atomic E-state index is 0.473. The molecule has 0 amide bonds. The molecule has 1 N–H and O–H groups in total. The van der Waals surface area contributed by atoms with Gasteiger partial charge in [0, 0.05) is 26.8 Å². The van der Waals surface area contributed by atoms with Gasteiger partial charge in [-0.3, -0.25) is 0 Å². The standard InChI is InChI=1S/C15H22ClNO2/c1-11(18)13-3-4-15(14(16)9-13)17-7-5-12(6-8-17)10-19-2/h3-4,9,11-12,18H,5-8,10H2,1-2H3/t11-/m1/s1. The number of halogens is 1. The molecule has 1 aliphatic rings. The molecule has 2 rings (SSSR count). The minimum Gasteiger partial charge on any atom is -0.389 e. The Morgan fingerprint density at radius 2 is 2.11 bits per heavy atom. The van der Waals surface area contributed by atoms with E-state index in [-0.39, 0.29) is 0 Å². The van der Waals surface area contributed by atoms with Gasteiger partial charge in [-0.15, -0.1) is 0 Å². The highest BCUT2D eigenvalue weighted by molar-refractivity contribution is 6.33. The monoisotopic (exact) mass is 283 g/mol. The number of benzene rings is 1. The van der Waals surface area contributed by atoms with Crippen LogP contribution in [0.25, 0.3) is 0 Å². The van der Waals surface area contributed by atoms with Gasteiger partial charge in [-0.05, 0) is 43.4 Å². The lowest BCUT2D eigenvalue weighted by atomic mass is 9.97. The number of piperidine rings is 1. The first-order valence-corrected chi connectivity index (χ1v) is 7.21. The Balaban J connectivity index is 2.03. The van der Waals surface area contributed by atoms with Crippen LogP contribution in [0, 0.1) is 5.92 Å². The van der Waals surface area contributed by atoms with Gasteiger partial charge >= 0.3 is 0 Å². The van der Waals surface area contributed by atoms with Crippen LogP contribution >= 0.6 is 11.6 Å². The van der Waals surface area contributed by atoms with Crippen molar-refractivity contribution in [2.75, 3.05) is 31.7 Å². The summed E-state index contributed by atoms with van der Waals surface area (Å²) in [5, 5.41) is 10.3. The van der Waals surface area contributed by atoms with Gasteiger partial charge in [-0.25, -0.2) is 0 Å². The molecule has 0 bridgehead atoms. The smallest absolute Gasteiger partial charge is 0.0762 e. The normalized spacial score (nSPS) is 18.6. The van der Waals surface area contributed by atoms with Gasteiger partial charge in [0.15, 0.2) is 0 Å². The van der Waals surface area contributed by atoms with Crippen LogP contribution in [-0.2, 0) is 4.74 Å². The van der Waals surface area contributed by atoms with Gasteiger partial charge in [0.1, 0.15) is 0 Å². The molecule has 1 heterocycles. The van der Waals surface area contributed by atoms with E-state index < -0.39 is 6.10 Å². The molecular formula is C15H22ClNO2. The highest BCUT2D eigenvalue weighted by Crippen LogP contribution is 2.31. The maximum absolute atomic E-state index is 9.56. The average molecular weight is 284 g/mol. The summed E-state index contributed by atoms with van der Waals surface area (Å²) in [4.78, 5) is 2.32. The number of aliphatic hydroxyl groups is 1. The largest absolute Gasteiger partial charge is 0.389 e. The molecule has 1 aliphatic heterocycles. The van der Waals surface area contributed by atoms with E-state index in [0.29, 0.717) is 5.92 Å². The zero-order chi connectivity index (χ0) is 13.8. The SMILES string of the molecule is COCC1CCN(c2ccc([C@@H](C)O)cc2Cl)CC1. The number of hydrogen-bond donors (Lipinski definition) is 1. The molecule has 1 saturated heterocycles. The van der Waals surface area contributed by atoms with E-state index in [1.807, 2.05) is 18.2 Å². The van der Waals surface area contributed by atoms with Crippen molar-refractivity contribution < 1.29 is 9.84 Å². The van der Waals surface area contributed by atoms with Crippen molar-refractivity contribution >= 4 is 17.3 Å². The van der Waals surface area contributed by atoms with Gasteiger partial charge in [-0.2, -0.15) is 0 Å². The van der Waals surface area contributed by atoms with Crippen LogP contribution in [0.1, 0.15) is 31.4 Å². The van der Waals surface area contributed by atoms with E-state index >= 15 is 0 Å². The average Bonchev–Trinajstić information content (AvgIpc) is 2.40. The summed E-state index contributed by atoms with van der Waals surface area (Å²) in [5.74, 6) is 0.664. The van der Waals surface area contributed by atoms with Gasteiger partial charge in [0.05, 0.1) is 16.8 Å².